The van der Waals surface area contributed by atoms with Gasteiger partial charge in [0.05, 0.1) is 7.11 Å². The zero-order valence-corrected chi connectivity index (χ0v) is 17.1. The molecular weight excluding hydrogens is 348 g/mol. The number of ether oxygens (including phenoxy) is 2. The molecule has 154 valence electrons. The van der Waals surface area contributed by atoms with Crippen LogP contribution in [0.3, 0.4) is 0 Å². The smallest absolute Gasteiger partial charge is 0.408 e. The molecule has 0 radical (unpaired) electrons. The number of methoxy groups -OCH3 is 1. The van der Waals surface area contributed by atoms with Gasteiger partial charge in [-0.25, -0.2) is 9.59 Å². The highest BCUT2D eigenvalue weighted by atomic mass is 16.6. The first-order chi connectivity index (χ1) is 12.7. The van der Waals surface area contributed by atoms with E-state index < -0.39 is 29.7 Å². The summed E-state index contributed by atoms with van der Waals surface area (Å²) in [5.41, 5.74) is -0.634. The van der Waals surface area contributed by atoms with Crippen LogP contribution in [0.1, 0.15) is 72.1 Å². The summed E-state index contributed by atoms with van der Waals surface area (Å²) in [4.78, 5) is 39.1. The van der Waals surface area contributed by atoms with Gasteiger partial charge in [-0.15, -0.1) is 0 Å². The highest BCUT2D eigenvalue weighted by molar-refractivity contribution is 5.90. The predicted molar refractivity (Wildman–Crippen MR) is 101 cm³/mol. The zero-order valence-electron chi connectivity index (χ0n) is 17.1. The SMILES string of the molecule is COC(=O)[C@@H]1CCCN1C(=O)C(CC1CCCCC1)NC(=O)OC(C)(C)C. The van der Waals surface area contributed by atoms with E-state index in [2.05, 4.69) is 5.32 Å². The average Bonchev–Trinajstić information content (AvgIpc) is 3.08. The highest BCUT2D eigenvalue weighted by Crippen LogP contribution is 2.29. The molecule has 7 heteroatoms. The van der Waals surface area contributed by atoms with Crippen LogP contribution < -0.4 is 5.32 Å². The third-order valence-corrected chi connectivity index (χ3v) is 5.29. The summed E-state index contributed by atoms with van der Waals surface area (Å²) < 4.78 is 10.2. The van der Waals surface area contributed by atoms with Gasteiger partial charge in [0.2, 0.25) is 5.91 Å². The molecule has 0 spiro atoms. The van der Waals surface area contributed by atoms with Gasteiger partial charge in [0.25, 0.3) is 0 Å². The number of carbonyl (C=O) groups excluding carboxylic acids is 3. The minimum absolute atomic E-state index is 0.209. The van der Waals surface area contributed by atoms with Gasteiger partial charge < -0.3 is 19.7 Å². The molecule has 1 aliphatic heterocycles. The second kappa shape index (κ2) is 9.42. The van der Waals surface area contributed by atoms with Crippen molar-refractivity contribution in [3.8, 4) is 0 Å². The van der Waals surface area contributed by atoms with Crippen LogP contribution in [-0.2, 0) is 19.1 Å². The Kier molecular flexibility index (Phi) is 7.50. The number of alkyl carbamates (subject to hydrolysis) is 1. The van der Waals surface area contributed by atoms with Crippen LogP contribution in [0.15, 0.2) is 0 Å². The summed E-state index contributed by atoms with van der Waals surface area (Å²) in [7, 11) is 1.34. The molecule has 27 heavy (non-hydrogen) atoms. The van der Waals surface area contributed by atoms with E-state index in [9.17, 15) is 14.4 Å². The van der Waals surface area contributed by atoms with Gasteiger partial charge in [0.15, 0.2) is 0 Å². The molecule has 1 aliphatic carbocycles. The van der Waals surface area contributed by atoms with Crippen molar-refractivity contribution in [1.82, 2.24) is 10.2 Å². The van der Waals surface area contributed by atoms with Gasteiger partial charge in [-0.1, -0.05) is 32.1 Å². The normalized spacial score (nSPS) is 22.2. The number of nitrogens with one attached hydrogen (secondary N) is 1. The van der Waals surface area contributed by atoms with Crippen LogP contribution in [0, 0.1) is 5.92 Å². The second-order valence-electron chi connectivity index (χ2n) is 8.65. The van der Waals surface area contributed by atoms with Crippen molar-refractivity contribution in [2.75, 3.05) is 13.7 Å². The number of rotatable bonds is 5. The summed E-state index contributed by atoms with van der Waals surface area (Å²) >= 11 is 0. The van der Waals surface area contributed by atoms with Gasteiger partial charge in [0, 0.05) is 6.54 Å². The van der Waals surface area contributed by atoms with Crippen molar-refractivity contribution in [3.05, 3.63) is 0 Å². The Hall–Kier alpha value is -1.79. The Morgan fingerprint density at radius 2 is 1.74 bits per heavy atom. The Labute approximate surface area is 162 Å². The summed E-state index contributed by atoms with van der Waals surface area (Å²) in [6.45, 7) is 5.88. The van der Waals surface area contributed by atoms with Crippen LogP contribution in [0.25, 0.3) is 0 Å². The number of carbonyl (C=O) groups is 3. The van der Waals surface area contributed by atoms with E-state index in [1.165, 1.54) is 13.5 Å². The lowest BCUT2D eigenvalue weighted by Crippen LogP contribution is -2.53. The number of nitrogens with zero attached hydrogens (tertiary/aromatic N) is 1. The molecule has 2 fully saturated rings. The lowest BCUT2D eigenvalue weighted by atomic mass is 9.84. The monoisotopic (exact) mass is 382 g/mol. The Bertz CT molecular complexity index is 537. The van der Waals surface area contributed by atoms with Crippen molar-refractivity contribution in [3.63, 3.8) is 0 Å². The number of esters is 1. The maximum absolute atomic E-state index is 13.2. The minimum Gasteiger partial charge on any atom is -0.467 e. The van der Waals surface area contributed by atoms with E-state index in [4.69, 9.17) is 9.47 Å². The van der Waals surface area contributed by atoms with E-state index in [1.54, 1.807) is 25.7 Å². The molecular formula is C20H34N2O5. The standard InChI is InChI=1S/C20H34N2O5/c1-20(2,3)27-19(25)21-15(13-14-9-6-5-7-10-14)17(23)22-12-8-11-16(22)18(24)26-4/h14-16H,5-13H2,1-4H3,(H,21,25)/t15?,16-/m0/s1. The number of amides is 2. The number of hydrogen-bond acceptors (Lipinski definition) is 5. The quantitative estimate of drug-likeness (QED) is 0.739. The van der Waals surface area contributed by atoms with Crippen LogP contribution in [-0.4, -0.2) is 54.2 Å². The molecule has 1 N–H and O–H groups in total. The fourth-order valence-corrected chi connectivity index (χ4v) is 4.04. The lowest BCUT2D eigenvalue weighted by molar-refractivity contribution is -0.151. The van der Waals surface area contributed by atoms with Crippen molar-refractivity contribution < 1.29 is 23.9 Å². The van der Waals surface area contributed by atoms with E-state index in [-0.39, 0.29) is 5.91 Å². The third-order valence-electron chi connectivity index (χ3n) is 5.29. The topological polar surface area (TPSA) is 84.9 Å². The first kappa shape index (κ1) is 21.5. The van der Waals surface area contributed by atoms with Gasteiger partial charge >= 0.3 is 12.1 Å². The maximum atomic E-state index is 13.2. The molecule has 2 rings (SSSR count). The first-order valence-corrected chi connectivity index (χ1v) is 10.1. The molecule has 1 saturated heterocycles. The van der Waals surface area contributed by atoms with Gasteiger partial charge in [-0.05, 0) is 46.0 Å². The van der Waals surface area contributed by atoms with Crippen molar-refractivity contribution >= 4 is 18.0 Å². The fraction of sp³-hybridized carbons (Fsp3) is 0.850. The lowest BCUT2D eigenvalue weighted by Gasteiger charge is -2.31. The highest BCUT2D eigenvalue weighted by Gasteiger charge is 2.39. The number of likely N-dealkylation sites (tertiary alicyclic amines) is 1. The van der Waals surface area contributed by atoms with Gasteiger partial charge in [-0.2, -0.15) is 0 Å². The molecule has 7 nitrogen and oxygen atoms in total. The van der Waals surface area contributed by atoms with Gasteiger partial charge in [0.1, 0.15) is 17.7 Å². The van der Waals surface area contributed by atoms with Crippen LogP contribution >= 0.6 is 0 Å². The molecule has 0 bridgehead atoms. The number of hydrogen-bond donors (Lipinski definition) is 1. The summed E-state index contributed by atoms with van der Waals surface area (Å²) in [5.74, 6) is -0.198. The molecule has 2 amide bonds. The molecule has 2 atom stereocenters. The maximum Gasteiger partial charge on any atom is 0.408 e. The minimum atomic E-state index is -0.673. The summed E-state index contributed by atoms with van der Waals surface area (Å²) in [5, 5.41) is 2.77. The summed E-state index contributed by atoms with van der Waals surface area (Å²) in [6.07, 6.45) is 7.03. The van der Waals surface area contributed by atoms with E-state index >= 15 is 0 Å². The molecule has 1 heterocycles. The average molecular weight is 383 g/mol. The molecule has 0 aromatic rings. The molecule has 2 aliphatic rings. The van der Waals surface area contributed by atoms with Crippen molar-refractivity contribution in [1.29, 1.82) is 0 Å². The fourth-order valence-electron chi connectivity index (χ4n) is 4.04. The Morgan fingerprint density at radius 1 is 1.07 bits per heavy atom. The van der Waals surface area contributed by atoms with Crippen LogP contribution in [0.4, 0.5) is 4.79 Å². The summed E-state index contributed by atoms with van der Waals surface area (Å²) in [6, 6.07) is -1.23. The largest absolute Gasteiger partial charge is 0.467 e. The molecule has 1 saturated carbocycles. The zero-order chi connectivity index (χ0) is 20.0. The molecule has 0 aromatic heterocycles. The van der Waals surface area contributed by atoms with Crippen LogP contribution in [0.5, 0.6) is 0 Å². The van der Waals surface area contributed by atoms with Crippen LogP contribution in [0.2, 0.25) is 0 Å². The third kappa shape index (κ3) is 6.40. The van der Waals surface area contributed by atoms with E-state index in [0.29, 0.717) is 25.3 Å². The van der Waals surface area contributed by atoms with E-state index in [1.807, 2.05) is 0 Å². The van der Waals surface area contributed by atoms with Crippen molar-refractivity contribution in [2.24, 2.45) is 5.92 Å². The second-order valence-corrected chi connectivity index (χ2v) is 8.65. The van der Waals surface area contributed by atoms with Crippen molar-refractivity contribution in [2.45, 2.75) is 89.8 Å². The molecule has 1 unspecified atom stereocenters. The van der Waals surface area contributed by atoms with E-state index in [0.717, 1.165) is 32.1 Å². The first-order valence-electron chi connectivity index (χ1n) is 10.1. The molecule has 0 aromatic carbocycles. The Balaban J connectivity index is 2.10. The van der Waals surface area contributed by atoms with Gasteiger partial charge in [-0.3, -0.25) is 4.79 Å². The Morgan fingerprint density at radius 3 is 2.33 bits per heavy atom. The predicted octanol–water partition coefficient (Wildman–Crippen LogP) is 3.01.